The first-order valence-electron chi connectivity index (χ1n) is 6.62. The highest BCUT2D eigenvalue weighted by atomic mass is 32.2. The topological polar surface area (TPSA) is 75.3 Å². The maximum Gasteiger partial charge on any atom is 0.319 e. The number of sulfone groups is 1. The van der Waals surface area contributed by atoms with E-state index in [1.807, 2.05) is 13.8 Å². The smallest absolute Gasteiger partial charge is 0.319 e. The van der Waals surface area contributed by atoms with Crippen molar-refractivity contribution in [3.05, 3.63) is 23.8 Å². The van der Waals surface area contributed by atoms with Crippen molar-refractivity contribution in [2.45, 2.75) is 44.6 Å². The Morgan fingerprint density at radius 1 is 1.35 bits per heavy atom. The number of carbonyl (C=O) groups excluding carboxylic acids is 1. The minimum Gasteiger partial charge on any atom is -0.335 e. The molecule has 1 unspecified atom stereocenters. The number of nitrogens with one attached hydrogen (secondary N) is 2. The lowest BCUT2D eigenvalue weighted by molar-refractivity contribution is 0.248. The molecule has 0 aliphatic heterocycles. The third-order valence-electron chi connectivity index (χ3n) is 2.98. The molecule has 0 aromatic heterocycles. The van der Waals surface area contributed by atoms with Gasteiger partial charge in [-0.25, -0.2) is 13.2 Å². The van der Waals surface area contributed by atoms with E-state index in [0.29, 0.717) is 5.69 Å². The number of amides is 2. The van der Waals surface area contributed by atoms with Gasteiger partial charge in [-0.3, -0.25) is 0 Å². The largest absolute Gasteiger partial charge is 0.335 e. The molecule has 0 heterocycles. The van der Waals surface area contributed by atoms with Crippen LogP contribution < -0.4 is 10.6 Å². The highest BCUT2D eigenvalue weighted by Gasteiger charge is 2.12. The summed E-state index contributed by atoms with van der Waals surface area (Å²) in [6.07, 6.45) is 3.03. The van der Waals surface area contributed by atoms with Crippen molar-refractivity contribution in [2.24, 2.45) is 0 Å². The average Bonchev–Trinajstić information content (AvgIpc) is 2.30. The number of rotatable bonds is 5. The minimum absolute atomic E-state index is 0.0818. The van der Waals surface area contributed by atoms with Gasteiger partial charge in [0.1, 0.15) is 0 Å². The van der Waals surface area contributed by atoms with E-state index in [1.165, 1.54) is 12.1 Å². The molecule has 2 amide bonds. The van der Waals surface area contributed by atoms with Gasteiger partial charge in [-0.1, -0.05) is 19.4 Å². The van der Waals surface area contributed by atoms with Gasteiger partial charge in [-0.2, -0.15) is 0 Å². The van der Waals surface area contributed by atoms with E-state index in [2.05, 4.69) is 17.6 Å². The first kappa shape index (κ1) is 16.5. The van der Waals surface area contributed by atoms with E-state index in [0.717, 1.165) is 24.7 Å². The van der Waals surface area contributed by atoms with Crippen LogP contribution in [0.2, 0.25) is 0 Å². The summed E-state index contributed by atoms with van der Waals surface area (Å²) in [6, 6.07) is 4.46. The van der Waals surface area contributed by atoms with Gasteiger partial charge in [-0.15, -0.1) is 0 Å². The van der Waals surface area contributed by atoms with Crippen molar-refractivity contribution in [2.75, 3.05) is 11.6 Å². The normalized spacial score (nSPS) is 12.8. The van der Waals surface area contributed by atoms with E-state index in [4.69, 9.17) is 0 Å². The molecule has 0 radical (unpaired) electrons. The van der Waals surface area contributed by atoms with Crippen LogP contribution in [-0.4, -0.2) is 26.7 Å². The zero-order valence-electron chi connectivity index (χ0n) is 12.4. The van der Waals surface area contributed by atoms with Crippen LogP contribution in [0.5, 0.6) is 0 Å². The maximum atomic E-state index is 11.8. The molecule has 2 N–H and O–H groups in total. The quantitative estimate of drug-likeness (QED) is 0.877. The lowest BCUT2D eigenvalue weighted by atomic mass is 10.2. The summed E-state index contributed by atoms with van der Waals surface area (Å²) in [5.74, 6) is 0. The molecule has 1 rings (SSSR count). The second-order valence-electron chi connectivity index (χ2n) is 5.04. The summed E-state index contributed by atoms with van der Waals surface area (Å²) in [7, 11) is -3.28. The van der Waals surface area contributed by atoms with Crippen LogP contribution in [0.4, 0.5) is 10.5 Å². The predicted octanol–water partition coefficient (Wildman–Crippen LogP) is 2.71. The zero-order chi connectivity index (χ0) is 15.3. The van der Waals surface area contributed by atoms with Gasteiger partial charge >= 0.3 is 6.03 Å². The second kappa shape index (κ2) is 6.74. The predicted molar refractivity (Wildman–Crippen MR) is 80.8 cm³/mol. The van der Waals surface area contributed by atoms with E-state index < -0.39 is 9.84 Å². The zero-order valence-corrected chi connectivity index (χ0v) is 13.2. The van der Waals surface area contributed by atoms with Crippen LogP contribution in [0.1, 0.15) is 32.3 Å². The Hall–Kier alpha value is -1.56. The number of hydrogen-bond donors (Lipinski definition) is 2. The van der Waals surface area contributed by atoms with Gasteiger partial charge < -0.3 is 10.6 Å². The van der Waals surface area contributed by atoms with Crippen LogP contribution in [0, 0.1) is 6.92 Å². The monoisotopic (exact) mass is 298 g/mol. The van der Waals surface area contributed by atoms with E-state index in [1.54, 1.807) is 6.07 Å². The summed E-state index contributed by atoms with van der Waals surface area (Å²) in [5.41, 5.74) is 1.32. The summed E-state index contributed by atoms with van der Waals surface area (Å²) in [5, 5.41) is 5.51. The molecule has 0 spiro atoms. The van der Waals surface area contributed by atoms with Crippen molar-refractivity contribution < 1.29 is 13.2 Å². The molecular formula is C14H22N2O3S. The molecule has 0 saturated carbocycles. The Bertz CT molecular complexity index is 582. The Balaban J connectivity index is 2.84. The Kier molecular flexibility index (Phi) is 5.56. The average molecular weight is 298 g/mol. The fraction of sp³-hybridized carbons (Fsp3) is 0.500. The summed E-state index contributed by atoms with van der Waals surface area (Å²) in [4.78, 5) is 12.0. The van der Waals surface area contributed by atoms with Crippen LogP contribution in [-0.2, 0) is 9.84 Å². The van der Waals surface area contributed by atoms with E-state index >= 15 is 0 Å². The molecule has 1 atom stereocenters. The fourth-order valence-corrected chi connectivity index (χ4v) is 2.50. The maximum absolute atomic E-state index is 11.8. The minimum atomic E-state index is -3.28. The Morgan fingerprint density at radius 3 is 2.55 bits per heavy atom. The molecule has 20 heavy (non-hydrogen) atoms. The molecule has 112 valence electrons. The number of urea groups is 1. The van der Waals surface area contributed by atoms with Gasteiger partial charge in [0.25, 0.3) is 0 Å². The summed E-state index contributed by atoms with van der Waals surface area (Å²) >= 11 is 0. The number of carbonyl (C=O) groups is 1. The molecule has 0 aliphatic rings. The van der Waals surface area contributed by atoms with Crippen molar-refractivity contribution in [1.82, 2.24) is 5.32 Å². The van der Waals surface area contributed by atoms with Crippen molar-refractivity contribution in [3.63, 3.8) is 0 Å². The van der Waals surface area contributed by atoms with Gasteiger partial charge in [0.2, 0.25) is 0 Å². The molecule has 5 nitrogen and oxygen atoms in total. The standard InChI is InChI=1S/C14H22N2O3S/c1-5-6-11(3)15-14(17)16-13-9-12(20(4,18)19)8-7-10(13)2/h7-9,11H,5-6H2,1-4H3,(H2,15,16,17). The van der Waals surface area contributed by atoms with Crippen LogP contribution >= 0.6 is 0 Å². The van der Waals surface area contributed by atoms with Crippen LogP contribution in [0.15, 0.2) is 23.1 Å². The number of aryl methyl sites for hydroxylation is 1. The molecule has 0 fully saturated rings. The van der Waals surface area contributed by atoms with Gasteiger partial charge in [0.05, 0.1) is 4.90 Å². The van der Waals surface area contributed by atoms with Crippen molar-refractivity contribution in [3.8, 4) is 0 Å². The number of hydrogen-bond acceptors (Lipinski definition) is 3. The fourth-order valence-electron chi connectivity index (χ4n) is 1.85. The SMILES string of the molecule is CCCC(C)NC(=O)Nc1cc(S(C)(=O)=O)ccc1C. The van der Waals surface area contributed by atoms with E-state index in [9.17, 15) is 13.2 Å². The molecule has 1 aromatic rings. The molecule has 0 bridgehead atoms. The molecular weight excluding hydrogens is 276 g/mol. The summed E-state index contributed by atoms with van der Waals surface area (Å²) in [6.45, 7) is 5.80. The third kappa shape index (κ3) is 4.85. The van der Waals surface area contributed by atoms with Crippen LogP contribution in [0.25, 0.3) is 0 Å². The highest BCUT2D eigenvalue weighted by molar-refractivity contribution is 7.90. The Labute approximate surface area is 120 Å². The van der Waals surface area contributed by atoms with Gasteiger partial charge in [-0.05, 0) is 38.0 Å². The molecule has 6 heteroatoms. The second-order valence-corrected chi connectivity index (χ2v) is 7.05. The summed E-state index contributed by atoms with van der Waals surface area (Å²) < 4.78 is 23.0. The van der Waals surface area contributed by atoms with E-state index in [-0.39, 0.29) is 17.0 Å². The van der Waals surface area contributed by atoms with Crippen molar-refractivity contribution >= 4 is 21.6 Å². The highest BCUT2D eigenvalue weighted by Crippen LogP contribution is 2.20. The molecule has 0 saturated heterocycles. The molecule has 0 aliphatic carbocycles. The first-order chi connectivity index (χ1) is 9.24. The lowest BCUT2D eigenvalue weighted by Crippen LogP contribution is -2.36. The van der Waals surface area contributed by atoms with Crippen molar-refractivity contribution in [1.29, 1.82) is 0 Å². The first-order valence-corrected chi connectivity index (χ1v) is 8.51. The third-order valence-corrected chi connectivity index (χ3v) is 4.09. The Morgan fingerprint density at radius 2 is 2.00 bits per heavy atom. The van der Waals surface area contributed by atoms with Gasteiger partial charge in [0, 0.05) is 18.0 Å². The lowest BCUT2D eigenvalue weighted by Gasteiger charge is -2.15. The van der Waals surface area contributed by atoms with Gasteiger partial charge in [0.15, 0.2) is 9.84 Å². The number of benzene rings is 1. The van der Waals surface area contributed by atoms with Crippen LogP contribution in [0.3, 0.4) is 0 Å². The molecule has 1 aromatic carbocycles. The number of anilines is 1.